The lowest BCUT2D eigenvalue weighted by molar-refractivity contribution is -0.118. The van der Waals surface area contributed by atoms with Crippen molar-refractivity contribution in [1.82, 2.24) is 0 Å². The molecule has 0 fully saturated rings. The van der Waals surface area contributed by atoms with E-state index < -0.39 is 92.9 Å². The molecule has 0 aliphatic heterocycles. The molecule has 0 aromatic carbocycles. The van der Waals surface area contributed by atoms with E-state index in [1.165, 1.54) is 0 Å². The molecule has 0 rings (SSSR count). The van der Waals surface area contributed by atoms with Crippen LogP contribution in [0.5, 0.6) is 0 Å². The maximum Gasteiger partial charge on any atom is 0.139 e. The van der Waals surface area contributed by atoms with Gasteiger partial charge in [0.25, 0.3) is 0 Å². The second kappa shape index (κ2) is 21.5. The first kappa shape index (κ1) is 38.9. The fraction of sp³-hybridized carbons (Fsp3) is 0.833. The van der Waals surface area contributed by atoms with Crippen LogP contribution >= 0.6 is 0 Å². The van der Waals surface area contributed by atoms with Gasteiger partial charge < -0.3 is 92.9 Å². The Morgan fingerprint density at radius 3 is 0.694 bits per heavy atom. The van der Waals surface area contributed by atoms with E-state index in [1.54, 1.807) is 0 Å². The Kier molecular flexibility index (Phi) is 23.2. The molecule has 0 amide bonds. The van der Waals surface area contributed by atoms with E-state index in [0.717, 1.165) is 0 Å². The van der Waals surface area contributed by atoms with Gasteiger partial charge in [0.2, 0.25) is 0 Å². The molecular weight excluding hydrogens is 498 g/mol. The SMILES string of the molecule is N[C@@H](C=O)[C@@H](O)[C@H](O)[C@H](O)CO.N[C@@H](C=O)[C@@H](O)[C@H](O)[C@H](O)CO.N[C@@H](C=O)[C@@H](O)[C@H](O)[C@H](O)CO. The molecule has 0 heterocycles. The summed E-state index contributed by atoms with van der Waals surface area (Å²) in [7, 11) is 0. The lowest BCUT2D eigenvalue weighted by Crippen LogP contribution is -2.49. The van der Waals surface area contributed by atoms with Crippen LogP contribution in [0.3, 0.4) is 0 Å². The summed E-state index contributed by atoms with van der Waals surface area (Å²) in [5.41, 5.74) is 15.1. The summed E-state index contributed by atoms with van der Waals surface area (Å²) >= 11 is 0. The van der Waals surface area contributed by atoms with Crippen LogP contribution in [-0.4, -0.2) is 173 Å². The summed E-state index contributed by atoms with van der Waals surface area (Å²) in [6, 6.07) is -3.79. The van der Waals surface area contributed by atoms with Crippen LogP contribution in [0.2, 0.25) is 0 Å². The standard InChI is InChI=1S/3C6H13NO5/c3*7-3(1-8)5(11)6(12)4(10)2-9/h3*1,3-6,9-12H,2,7H2/t3*3-,4+,5+,6+/m000/s1. The first-order chi connectivity index (χ1) is 16.6. The van der Waals surface area contributed by atoms with Gasteiger partial charge in [-0.3, -0.25) is 0 Å². The van der Waals surface area contributed by atoms with E-state index in [4.69, 9.17) is 78.5 Å². The number of carbonyl (C=O) groups is 3. The van der Waals surface area contributed by atoms with Gasteiger partial charge in [0.15, 0.2) is 0 Å². The molecule has 0 spiro atoms. The number of aldehydes is 3. The van der Waals surface area contributed by atoms with Crippen molar-refractivity contribution in [3.8, 4) is 0 Å². The monoisotopic (exact) mass is 537 g/mol. The molecule has 0 saturated heterocycles. The number of hydrogen-bond donors (Lipinski definition) is 15. The average Bonchev–Trinajstić information content (AvgIpc) is 2.92. The average molecular weight is 538 g/mol. The lowest BCUT2D eigenvalue weighted by atomic mass is 10.0. The molecule has 0 radical (unpaired) electrons. The quantitative estimate of drug-likeness (QED) is 0.0861. The second-order valence-electron chi connectivity index (χ2n) is 7.33. The zero-order valence-corrected chi connectivity index (χ0v) is 19.1. The summed E-state index contributed by atoms with van der Waals surface area (Å²) in [6.45, 7) is -2.11. The van der Waals surface area contributed by atoms with Gasteiger partial charge >= 0.3 is 0 Å². The summed E-state index contributed by atoms with van der Waals surface area (Å²) in [5, 5.41) is 106. The van der Waals surface area contributed by atoms with Crippen molar-refractivity contribution in [3.05, 3.63) is 0 Å². The maximum atomic E-state index is 10.0. The maximum absolute atomic E-state index is 10.0. The Labute approximate surface area is 205 Å². The van der Waals surface area contributed by atoms with Gasteiger partial charge in [-0.05, 0) is 0 Å². The fourth-order valence-electron chi connectivity index (χ4n) is 1.93. The minimum atomic E-state index is -1.62. The first-order valence-corrected chi connectivity index (χ1v) is 10.2. The third kappa shape index (κ3) is 14.8. The molecule has 12 atom stereocenters. The molecule has 18 heteroatoms. The minimum absolute atomic E-state index is 0.248. The molecule has 0 aromatic heterocycles. The predicted octanol–water partition coefficient (Wildman–Crippen LogP) is -10.2. The topological polar surface area (TPSA) is 372 Å². The molecule has 0 aromatic rings. The van der Waals surface area contributed by atoms with Crippen molar-refractivity contribution in [2.75, 3.05) is 19.8 Å². The Hall–Kier alpha value is -1.59. The van der Waals surface area contributed by atoms with E-state index in [2.05, 4.69) is 0 Å². The molecule has 0 aliphatic carbocycles. The van der Waals surface area contributed by atoms with Crippen LogP contribution in [0.25, 0.3) is 0 Å². The third-order valence-electron chi connectivity index (χ3n) is 4.45. The lowest BCUT2D eigenvalue weighted by Gasteiger charge is -2.23. The van der Waals surface area contributed by atoms with Crippen molar-refractivity contribution in [2.45, 2.75) is 73.1 Å². The third-order valence-corrected chi connectivity index (χ3v) is 4.45. The normalized spacial score (nSPS) is 21.1. The zero-order valence-electron chi connectivity index (χ0n) is 19.1. The summed E-state index contributed by atoms with van der Waals surface area (Å²) in [5.74, 6) is 0. The van der Waals surface area contributed by atoms with Gasteiger partial charge in [-0.2, -0.15) is 0 Å². The Bertz CT molecular complexity index is 502. The number of carbonyl (C=O) groups excluding carboxylic acids is 3. The molecule has 0 unspecified atom stereocenters. The number of nitrogens with two attached hydrogens (primary N) is 3. The summed E-state index contributed by atoms with van der Waals surface area (Å²) in [4.78, 5) is 30.1. The summed E-state index contributed by atoms with van der Waals surface area (Å²) < 4.78 is 0. The van der Waals surface area contributed by atoms with Gasteiger partial charge in [-0.15, -0.1) is 0 Å². The van der Waals surface area contributed by atoms with E-state index in [1.807, 2.05) is 0 Å². The predicted molar refractivity (Wildman–Crippen MR) is 117 cm³/mol. The smallest absolute Gasteiger partial charge is 0.139 e. The molecule has 216 valence electrons. The van der Waals surface area contributed by atoms with E-state index >= 15 is 0 Å². The molecule has 18 nitrogen and oxygen atoms in total. The van der Waals surface area contributed by atoms with Crippen molar-refractivity contribution in [3.63, 3.8) is 0 Å². The largest absolute Gasteiger partial charge is 0.394 e. The van der Waals surface area contributed by atoms with Gasteiger partial charge in [0, 0.05) is 0 Å². The summed E-state index contributed by atoms with van der Waals surface area (Å²) in [6.07, 6.45) is -13.3. The molecule has 0 saturated carbocycles. The highest BCUT2D eigenvalue weighted by Crippen LogP contribution is 2.03. The van der Waals surface area contributed by atoms with Crippen molar-refractivity contribution < 1.29 is 75.7 Å². The molecular formula is C18H39N3O15. The van der Waals surface area contributed by atoms with E-state index in [-0.39, 0.29) is 18.9 Å². The van der Waals surface area contributed by atoms with Gasteiger partial charge in [-0.25, -0.2) is 0 Å². The molecule has 18 N–H and O–H groups in total. The van der Waals surface area contributed by atoms with Crippen molar-refractivity contribution >= 4 is 18.9 Å². The van der Waals surface area contributed by atoms with Crippen LogP contribution in [0, 0.1) is 0 Å². The molecule has 0 bridgehead atoms. The minimum Gasteiger partial charge on any atom is -0.394 e. The molecule has 36 heavy (non-hydrogen) atoms. The number of aliphatic hydroxyl groups excluding tert-OH is 12. The van der Waals surface area contributed by atoms with Crippen LogP contribution in [0.4, 0.5) is 0 Å². The van der Waals surface area contributed by atoms with Gasteiger partial charge in [0.05, 0.1) is 37.9 Å². The Balaban J connectivity index is -0.000000454. The Morgan fingerprint density at radius 1 is 0.417 bits per heavy atom. The van der Waals surface area contributed by atoms with Gasteiger partial charge in [-0.1, -0.05) is 0 Å². The van der Waals surface area contributed by atoms with Crippen LogP contribution in [-0.2, 0) is 14.4 Å². The van der Waals surface area contributed by atoms with Crippen molar-refractivity contribution in [1.29, 1.82) is 0 Å². The highest BCUT2D eigenvalue weighted by molar-refractivity contribution is 5.59. The highest BCUT2D eigenvalue weighted by Gasteiger charge is 2.30. The number of aliphatic hydroxyl groups is 12. The second-order valence-corrected chi connectivity index (χ2v) is 7.33. The van der Waals surface area contributed by atoms with Gasteiger partial charge in [0.1, 0.15) is 73.8 Å². The Morgan fingerprint density at radius 2 is 0.583 bits per heavy atom. The molecule has 0 aliphatic rings. The fourth-order valence-corrected chi connectivity index (χ4v) is 1.93. The zero-order chi connectivity index (χ0) is 29.2. The van der Waals surface area contributed by atoms with Crippen LogP contribution < -0.4 is 17.2 Å². The van der Waals surface area contributed by atoms with Crippen LogP contribution in [0.1, 0.15) is 0 Å². The van der Waals surface area contributed by atoms with Crippen LogP contribution in [0.15, 0.2) is 0 Å². The number of hydrogen-bond acceptors (Lipinski definition) is 18. The van der Waals surface area contributed by atoms with Crippen molar-refractivity contribution in [2.24, 2.45) is 17.2 Å². The number of rotatable bonds is 15. The highest BCUT2D eigenvalue weighted by atomic mass is 16.4. The first-order valence-electron chi connectivity index (χ1n) is 10.2. The van der Waals surface area contributed by atoms with E-state index in [9.17, 15) is 14.4 Å². The van der Waals surface area contributed by atoms with E-state index in [0.29, 0.717) is 0 Å².